The highest BCUT2D eigenvalue weighted by Crippen LogP contribution is 2.11. The minimum atomic E-state index is 0.936. The van der Waals surface area contributed by atoms with Crippen LogP contribution in [0.2, 0.25) is 0 Å². The second kappa shape index (κ2) is 5.61. The fourth-order valence-electron chi connectivity index (χ4n) is 2.12. The molecule has 1 heterocycles. The van der Waals surface area contributed by atoms with Gasteiger partial charge in [-0.2, -0.15) is 7.05 Å². The highest BCUT2D eigenvalue weighted by Gasteiger charge is 2.18. The SMILES string of the molecule is [CH2-][NH+]1CCC(CN(CC)CC)CC1. The monoisotopic (exact) mass is 184 g/mol. The van der Waals surface area contributed by atoms with Gasteiger partial charge in [0.15, 0.2) is 0 Å². The van der Waals surface area contributed by atoms with Crippen molar-refractivity contribution in [2.24, 2.45) is 5.92 Å². The number of quaternary nitrogens is 1. The maximum absolute atomic E-state index is 4.05. The smallest absolute Gasteiger partial charge is 0.0533 e. The van der Waals surface area contributed by atoms with Crippen molar-refractivity contribution in [3.05, 3.63) is 7.05 Å². The molecule has 0 aromatic carbocycles. The van der Waals surface area contributed by atoms with E-state index >= 15 is 0 Å². The molecule has 1 N–H and O–H groups in total. The summed E-state index contributed by atoms with van der Waals surface area (Å²) in [5.74, 6) is 0.936. The quantitative estimate of drug-likeness (QED) is 0.622. The fourth-order valence-corrected chi connectivity index (χ4v) is 2.12. The highest BCUT2D eigenvalue weighted by molar-refractivity contribution is 4.66. The zero-order valence-electron chi connectivity index (χ0n) is 9.18. The summed E-state index contributed by atoms with van der Waals surface area (Å²) < 4.78 is 0. The molecule has 2 nitrogen and oxygen atoms in total. The first-order chi connectivity index (χ1) is 6.26. The van der Waals surface area contributed by atoms with E-state index in [-0.39, 0.29) is 0 Å². The van der Waals surface area contributed by atoms with Gasteiger partial charge in [0.25, 0.3) is 0 Å². The van der Waals surface area contributed by atoms with Crippen molar-refractivity contribution in [2.45, 2.75) is 26.7 Å². The van der Waals surface area contributed by atoms with Crippen LogP contribution in [0.4, 0.5) is 0 Å². The van der Waals surface area contributed by atoms with Crippen molar-refractivity contribution in [3.63, 3.8) is 0 Å². The van der Waals surface area contributed by atoms with Gasteiger partial charge in [-0.15, -0.1) is 0 Å². The van der Waals surface area contributed by atoms with Crippen molar-refractivity contribution < 1.29 is 4.90 Å². The van der Waals surface area contributed by atoms with Gasteiger partial charge in [0.1, 0.15) is 0 Å². The Hall–Kier alpha value is -0.0800. The van der Waals surface area contributed by atoms with Gasteiger partial charge < -0.3 is 9.80 Å². The van der Waals surface area contributed by atoms with Gasteiger partial charge in [0.05, 0.1) is 13.1 Å². The minimum Gasteiger partial charge on any atom is -0.468 e. The van der Waals surface area contributed by atoms with Crippen molar-refractivity contribution in [1.29, 1.82) is 0 Å². The molecule has 0 atom stereocenters. The maximum Gasteiger partial charge on any atom is 0.0533 e. The zero-order chi connectivity index (χ0) is 9.68. The van der Waals surface area contributed by atoms with Crippen LogP contribution in [-0.4, -0.2) is 37.6 Å². The van der Waals surface area contributed by atoms with E-state index in [0.717, 1.165) is 5.92 Å². The van der Waals surface area contributed by atoms with Crippen LogP contribution in [-0.2, 0) is 0 Å². The lowest BCUT2D eigenvalue weighted by Crippen LogP contribution is -3.08. The zero-order valence-corrected chi connectivity index (χ0v) is 9.18. The van der Waals surface area contributed by atoms with Gasteiger partial charge in [-0.1, -0.05) is 13.8 Å². The molecular weight excluding hydrogens is 160 g/mol. The molecule has 0 aliphatic carbocycles. The van der Waals surface area contributed by atoms with E-state index in [2.05, 4.69) is 25.8 Å². The Balaban J connectivity index is 2.21. The Morgan fingerprint density at radius 3 is 2.23 bits per heavy atom. The first kappa shape index (κ1) is 11.0. The van der Waals surface area contributed by atoms with Crippen molar-refractivity contribution >= 4 is 0 Å². The number of hydrogen-bond acceptors (Lipinski definition) is 1. The molecule has 0 aromatic rings. The Morgan fingerprint density at radius 1 is 1.23 bits per heavy atom. The van der Waals surface area contributed by atoms with E-state index in [1.54, 1.807) is 0 Å². The van der Waals surface area contributed by atoms with Crippen LogP contribution in [0.25, 0.3) is 0 Å². The Morgan fingerprint density at radius 2 is 1.77 bits per heavy atom. The summed E-state index contributed by atoms with van der Waals surface area (Å²) in [6, 6.07) is 0. The summed E-state index contributed by atoms with van der Waals surface area (Å²) >= 11 is 0. The molecule has 0 spiro atoms. The summed E-state index contributed by atoms with van der Waals surface area (Å²) in [7, 11) is 4.05. The predicted octanol–water partition coefficient (Wildman–Crippen LogP) is 0.415. The first-order valence-electron chi connectivity index (χ1n) is 5.65. The maximum atomic E-state index is 4.05. The predicted molar refractivity (Wildman–Crippen MR) is 56.6 cm³/mol. The molecular formula is C11H24N2. The standard InChI is InChI=1S/C11H24N2/c1-4-13(5-2)10-11-6-8-12(3)9-7-11/h11-12H,3-10H2,1-2H3. The van der Waals surface area contributed by atoms with E-state index in [0.29, 0.717) is 0 Å². The summed E-state index contributed by atoms with van der Waals surface area (Å²) in [6.45, 7) is 10.8. The van der Waals surface area contributed by atoms with E-state index < -0.39 is 0 Å². The van der Waals surface area contributed by atoms with Crippen LogP contribution < -0.4 is 4.90 Å². The molecule has 0 amide bonds. The molecule has 78 valence electrons. The lowest BCUT2D eigenvalue weighted by Gasteiger charge is -2.33. The van der Waals surface area contributed by atoms with E-state index in [1.165, 1.54) is 50.5 Å². The van der Waals surface area contributed by atoms with Gasteiger partial charge >= 0.3 is 0 Å². The van der Waals surface area contributed by atoms with Gasteiger partial charge in [0.2, 0.25) is 0 Å². The average Bonchev–Trinajstić information content (AvgIpc) is 2.17. The third kappa shape index (κ3) is 3.65. The number of likely N-dealkylation sites (tertiary alicyclic amines) is 1. The molecule has 13 heavy (non-hydrogen) atoms. The van der Waals surface area contributed by atoms with Gasteiger partial charge in [0, 0.05) is 6.54 Å². The normalized spacial score (nSPS) is 29.5. The topological polar surface area (TPSA) is 7.68 Å². The molecule has 0 bridgehead atoms. The highest BCUT2D eigenvalue weighted by atomic mass is 15.1. The third-order valence-electron chi connectivity index (χ3n) is 3.22. The van der Waals surface area contributed by atoms with Crippen molar-refractivity contribution in [3.8, 4) is 0 Å². The van der Waals surface area contributed by atoms with Gasteiger partial charge in [-0.05, 0) is 31.8 Å². The lowest BCUT2D eigenvalue weighted by molar-refractivity contribution is -0.860. The van der Waals surface area contributed by atoms with Gasteiger partial charge in [-0.25, -0.2) is 0 Å². The summed E-state index contributed by atoms with van der Waals surface area (Å²) in [5, 5.41) is 0. The molecule has 0 unspecified atom stereocenters. The van der Waals surface area contributed by atoms with Crippen LogP contribution in [0.5, 0.6) is 0 Å². The molecule has 1 rings (SSSR count). The summed E-state index contributed by atoms with van der Waals surface area (Å²) in [4.78, 5) is 4.01. The van der Waals surface area contributed by atoms with E-state index in [9.17, 15) is 0 Å². The van der Waals surface area contributed by atoms with Crippen LogP contribution in [0.3, 0.4) is 0 Å². The van der Waals surface area contributed by atoms with Crippen LogP contribution in [0, 0.1) is 13.0 Å². The molecule has 1 aliphatic heterocycles. The second-order valence-electron chi connectivity index (χ2n) is 4.18. The van der Waals surface area contributed by atoms with Crippen LogP contribution in [0.1, 0.15) is 26.7 Å². The molecule has 1 aliphatic rings. The first-order valence-corrected chi connectivity index (χ1v) is 5.65. The number of nitrogens with one attached hydrogen (secondary N) is 1. The molecule has 0 radical (unpaired) electrons. The molecule has 1 fully saturated rings. The molecule has 0 aromatic heterocycles. The lowest BCUT2D eigenvalue weighted by atomic mass is 9.96. The summed E-state index contributed by atoms with van der Waals surface area (Å²) in [6.07, 6.45) is 2.74. The fraction of sp³-hybridized carbons (Fsp3) is 0.909. The number of nitrogens with zero attached hydrogens (tertiary/aromatic N) is 1. The van der Waals surface area contributed by atoms with E-state index in [4.69, 9.17) is 0 Å². The average molecular weight is 184 g/mol. The number of rotatable bonds is 4. The summed E-state index contributed by atoms with van der Waals surface area (Å²) in [5.41, 5.74) is 0. The largest absolute Gasteiger partial charge is 0.468 e. The van der Waals surface area contributed by atoms with Crippen LogP contribution in [0.15, 0.2) is 0 Å². The van der Waals surface area contributed by atoms with Crippen LogP contribution >= 0.6 is 0 Å². The minimum absolute atomic E-state index is 0.936. The Kier molecular flexibility index (Phi) is 4.74. The Bertz CT molecular complexity index is 124. The van der Waals surface area contributed by atoms with Crippen molar-refractivity contribution in [1.82, 2.24) is 4.90 Å². The molecule has 2 heteroatoms. The van der Waals surface area contributed by atoms with Crippen molar-refractivity contribution in [2.75, 3.05) is 32.7 Å². The molecule has 1 saturated heterocycles. The Labute approximate surface area is 82.9 Å². The number of hydrogen-bond donors (Lipinski definition) is 1. The van der Waals surface area contributed by atoms with Gasteiger partial charge in [-0.3, -0.25) is 0 Å². The second-order valence-corrected chi connectivity index (χ2v) is 4.18. The third-order valence-corrected chi connectivity index (χ3v) is 3.22. The number of piperidine rings is 1. The molecule has 0 saturated carbocycles. The van der Waals surface area contributed by atoms with E-state index in [1.807, 2.05) is 0 Å².